The van der Waals surface area contributed by atoms with Gasteiger partial charge in [-0.15, -0.1) is 11.8 Å². The van der Waals surface area contributed by atoms with Crippen molar-refractivity contribution in [2.45, 2.75) is 30.0 Å². The zero-order valence-corrected chi connectivity index (χ0v) is 12.4. The average molecular weight is 286 g/mol. The number of rotatable bonds is 5. The minimum Gasteiger partial charge on any atom is -0.349 e. The van der Waals surface area contributed by atoms with Crippen LogP contribution in [0.5, 0.6) is 0 Å². The molecule has 0 radical (unpaired) electrons. The number of nitrogens with one attached hydrogen (secondary N) is 1. The van der Waals surface area contributed by atoms with E-state index in [1.54, 1.807) is 24.2 Å². The number of benzene rings is 1. The Bertz CT molecular complexity index is 545. The van der Waals surface area contributed by atoms with Crippen LogP contribution in [0.4, 0.5) is 0 Å². The minimum atomic E-state index is -0.123. The van der Waals surface area contributed by atoms with Gasteiger partial charge in [0, 0.05) is 17.3 Å². The summed E-state index contributed by atoms with van der Waals surface area (Å²) in [6.07, 6.45) is 3.47. The van der Waals surface area contributed by atoms with Crippen LogP contribution >= 0.6 is 11.8 Å². The standard InChI is InChI=1S/C16H18N2OS/c1-12(14-8-10-17-11-9-14)18-16(19)13(2)20-15-6-4-3-5-7-15/h3-13H,1-2H3,(H,18,19). The minimum absolute atomic E-state index is 0.00989. The van der Waals surface area contributed by atoms with Crippen molar-refractivity contribution in [3.05, 3.63) is 60.4 Å². The highest BCUT2D eigenvalue weighted by molar-refractivity contribution is 8.00. The molecule has 0 fully saturated rings. The van der Waals surface area contributed by atoms with Crippen LogP contribution in [0.3, 0.4) is 0 Å². The first-order chi connectivity index (χ1) is 9.66. The van der Waals surface area contributed by atoms with Crippen LogP contribution in [0.1, 0.15) is 25.5 Å². The first-order valence-corrected chi connectivity index (χ1v) is 7.47. The number of hydrogen-bond acceptors (Lipinski definition) is 3. The molecular formula is C16H18N2OS. The van der Waals surface area contributed by atoms with Crippen molar-refractivity contribution >= 4 is 17.7 Å². The van der Waals surface area contributed by atoms with E-state index < -0.39 is 0 Å². The van der Waals surface area contributed by atoms with E-state index in [0.717, 1.165) is 10.5 Å². The van der Waals surface area contributed by atoms with Gasteiger partial charge in [-0.3, -0.25) is 9.78 Å². The van der Waals surface area contributed by atoms with Gasteiger partial charge in [-0.2, -0.15) is 0 Å². The van der Waals surface area contributed by atoms with Gasteiger partial charge < -0.3 is 5.32 Å². The molecule has 0 aliphatic carbocycles. The Morgan fingerprint density at radius 1 is 1.10 bits per heavy atom. The smallest absolute Gasteiger partial charge is 0.233 e. The lowest BCUT2D eigenvalue weighted by molar-refractivity contribution is -0.120. The second kappa shape index (κ2) is 7.10. The number of carbonyl (C=O) groups excluding carboxylic acids is 1. The largest absolute Gasteiger partial charge is 0.349 e. The number of aromatic nitrogens is 1. The summed E-state index contributed by atoms with van der Waals surface area (Å²) in [5, 5.41) is 2.91. The fourth-order valence-electron chi connectivity index (χ4n) is 1.82. The molecule has 2 atom stereocenters. The van der Waals surface area contributed by atoms with Crippen LogP contribution in [-0.2, 0) is 4.79 Å². The quantitative estimate of drug-likeness (QED) is 0.856. The summed E-state index contributed by atoms with van der Waals surface area (Å²) in [4.78, 5) is 17.3. The van der Waals surface area contributed by atoms with Gasteiger partial charge in [0.25, 0.3) is 0 Å². The molecule has 1 heterocycles. The van der Waals surface area contributed by atoms with E-state index in [0.29, 0.717) is 0 Å². The molecule has 0 saturated heterocycles. The highest BCUT2D eigenvalue weighted by atomic mass is 32.2. The van der Waals surface area contributed by atoms with Crippen molar-refractivity contribution in [1.82, 2.24) is 10.3 Å². The number of thioether (sulfide) groups is 1. The zero-order valence-electron chi connectivity index (χ0n) is 11.6. The molecule has 1 amide bonds. The lowest BCUT2D eigenvalue weighted by Gasteiger charge is -2.17. The van der Waals surface area contributed by atoms with Gasteiger partial charge in [0.1, 0.15) is 0 Å². The predicted octanol–water partition coefficient (Wildman–Crippen LogP) is 3.44. The maximum absolute atomic E-state index is 12.2. The summed E-state index contributed by atoms with van der Waals surface area (Å²) < 4.78 is 0. The van der Waals surface area contributed by atoms with Crippen molar-refractivity contribution < 1.29 is 4.79 Å². The second-order valence-electron chi connectivity index (χ2n) is 4.58. The van der Waals surface area contributed by atoms with Crippen LogP contribution in [0.25, 0.3) is 0 Å². The molecule has 20 heavy (non-hydrogen) atoms. The fraction of sp³-hybridized carbons (Fsp3) is 0.250. The topological polar surface area (TPSA) is 42.0 Å². The summed E-state index contributed by atoms with van der Waals surface area (Å²) in [5.41, 5.74) is 1.06. The molecule has 1 N–H and O–H groups in total. The van der Waals surface area contributed by atoms with E-state index in [2.05, 4.69) is 10.3 Å². The lowest BCUT2D eigenvalue weighted by atomic mass is 10.1. The van der Waals surface area contributed by atoms with Crippen molar-refractivity contribution in [2.24, 2.45) is 0 Å². The van der Waals surface area contributed by atoms with Gasteiger partial charge >= 0.3 is 0 Å². The highest BCUT2D eigenvalue weighted by Crippen LogP contribution is 2.23. The van der Waals surface area contributed by atoms with Gasteiger partial charge in [-0.1, -0.05) is 18.2 Å². The molecule has 2 unspecified atom stereocenters. The molecule has 1 aromatic carbocycles. The van der Waals surface area contributed by atoms with Crippen molar-refractivity contribution in [3.8, 4) is 0 Å². The van der Waals surface area contributed by atoms with Gasteiger partial charge in [0.2, 0.25) is 5.91 Å². The summed E-state index contributed by atoms with van der Waals surface area (Å²) in [6.45, 7) is 3.90. The fourth-order valence-corrected chi connectivity index (χ4v) is 2.72. The Labute approximate surface area is 123 Å². The number of nitrogens with zero attached hydrogens (tertiary/aromatic N) is 1. The second-order valence-corrected chi connectivity index (χ2v) is 6.00. The van der Waals surface area contributed by atoms with Crippen LogP contribution in [0.2, 0.25) is 0 Å². The van der Waals surface area contributed by atoms with E-state index in [4.69, 9.17) is 0 Å². The molecule has 2 aromatic rings. The van der Waals surface area contributed by atoms with E-state index in [9.17, 15) is 4.79 Å². The van der Waals surface area contributed by atoms with Gasteiger partial charge in [-0.25, -0.2) is 0 Å². The molecule has 1 aromatic heterocycles. The Kier molecular flexibility index (Phi) is 5.18. The number of pyridine rings is 1. The SMILES string of the molecule is CC(Sc1ccccc1)C(=O)NC(C)c1ccncc1. The molecule has 2 rings (SSSR count). The van der Waals surface area contributed by atoms with Gasteiger partial charge in [0.15, 0.2) is 0 Å². The van der Waals surface area contributed by atoms with Crippen LogP contribution in [0, 0.1) is 0 Å². The number of amides is 1. The maximum atomic E-state index is 12.2. The Balaban J connectivity index is 1.91. The van der Waals surface area contributed by atoms with Crippen molar-refractivity contribution in [1.29, 1.82) is 0 Å². The summed E-state index contributed by atoms with van der Waals surface area (Å²) in [5.74, 6) is 0.0446. The molecule has 4 heteroatoms. The van der Waals surface area contributed by atoms with Crippen LogP contribution < -0.4 is 5.32 Å². The summed E-state index contributed by atoms with van der Waals surface area (Å²) in [7, 11) is 0. The predicted molar refractivity (Wildman–Crippen MR) is 82.6 cm³/mol. The van der Waals surface area contributed by atoms with Crippen LogP contribution in [-0.4, -0.2) is 16.1 Å². The molecular weight excluding hydrogens is 268 g/mol. The first-order valence-electron chi connectivity index (χ1n) is 6.59. The maximum Gasteiger partial charge on any atom is 0.233 e. The average Bonchev–Trinajstić information content (AvgIpc) is 2.49. The van der Waals surface area contributed by atoms with E-state index in [-0.39, 0.29) is 17.2 Å². The van der Waals surface area contributed by atoms with Gasteiger partial charge in [-0.05, 0) is 43.7 Å². The summed E-state index contributed by atoms with van der Waals surface area (Å²) in [6, 6.07) is 13.8. The van der Waals surface area contributed by atoms with Crippen molar-refractivity contribution in [3.63, 3.8) is 0 Å². The van der Waals surface area contributed by atoms with Crippen LogP contribution in [0.15, 0.2) is 59.8 Å². The van der Waals surface area contributed by atoms with Crippen molar-refractivity contribution in [2.75, 3.05) is 0 Å². The molecule has 0 aliphatic rings. The number of hydrogen-bond donors (Lipinski definition) is 1. The van der Waals surface area contributed by atoms with E-state index in [1.165, 1.54) is 0 Å². The zero-order chi connectivity index (χ0) is 14.4. The van der Waals surface area contributed by atoms with E-state index >= 15 is 0 Å². The van der Waals surface area contributed by atoms with E-state index in [1.807, 2.05) is 56.3 Å². The first kappa shape index (κ1) is 14.6. The number of carbonyl (C=O) groups is 1. The molecule has 3 nitrogen and oxygen atoms in total. The molecule has 0 aliphatic heterocycles. The summed E-state index contributed by atoms with van der Waals surface area (Å²) >= 11 is 1.56. The highest BCUT2D eigenvalue weighted by Gasteiger charge is 2.17. The Hall–Kier alpha value is -1.81. The molecule has 104 valence electrons. The lowest BCUT2D eigenvalue weighted by Crippen LogP contribution is -2.33. The van der Waals surface area contributed by atoms with Gasteiger partial charge in [0.05, 0.1) is 11.3 Å². The third-order valence-electron chi connectivity index (χ3n) is 2.99. The molecule has 0 spiro atoms. The molecule has 0 saturated carbocycles. The normalized spacial score (nSPS) is 13.5. The molecule has 0 bridgehead atoms. The Morgan fingerprint density at radius 3 is 2.40 bits per heavy atom. The Morgan fingerprint density at radius 2 is 1.75 bits per heavy atom. The third-order valence-corrected chi connectivity index (χ3v) is 4.10. The monoisotopic (exact) mass is 286 g/mol. The third kappa shape index (κ3) is 4.10.